The Bertz CT molecular complexity index is 653. The molecule has 1 aliphatic carbocycles. The number of nitrogens with zero attached hydrogens (tertiary/aromatic N) is 4. The third kappa shape index (κ3) is 3.31. The number of pyridine rings is 1. The van der Waals surface area contributed by atoms with Gasteiger partial charge in [-0.25, -0.2) is 4.98 Å². The van der Waals surface area contributed by atoms with E-state index in [9.17, 15) is 0 Å². The minimum Gasteiger partial charge on any atom is -0.355 e. The lowest BCUT2D eigenvalue weighted by Crippen LogP contribution is -2.32. The van der Waals surface area contributed by atoms with Crippen molar-refractivity contribution in [2.45, 2.75) is 25.8 Å². The van der Waals surface area contributed by atoms with E-state index in [1.807, 2.05) is 37.9 Å². The zero-order valence-corrected chi connectivity index (χ0v) is 14.4. The van der Waals surface area contributed by atoms with Crippen molar-refractivity contribution in [2.24, 2.45) is 24.8 Å². The molecule has 3 heterocycles. The molecular weight excluding hydrogens is 298 g/mol. The average molecular weight is 325 g/mol. The first-order valence-corrected chi connectivity index (χ1v) is 9.12. The van der Waals surface area contributed by atoms with E-state index in [1.54, 1.807) is 0 Å². The summed E-state index contributed by atoms with van der Waals surface area (Å²) in [4.78, 5) is 11.3. The van der Waals surface area contributed by atoms with Crippen LogP contribution in [0.2, 0.25) is 0 Å². The van der Waals surface area contributed by atoms with Crippen LogP contribution < -0.4 is 5.32 Å². The molecule has 5 nitrogen and oxygen atoms in total. The van der Waals surface area contributed by atoms with Crippen molar-refractivity contribution >= 4 is 5.95 Å². The summed E-state index contributed by atoms with van der Waals surface area (Å²) in [5.41, 5.74) is 1.33. The van der Waals surface area contributed by atoms with Crippen molar-refractivity contribution in [1.82, 2.24) is 19.4 Å². The molecule has 4 rings (SSSR count). The van der Waals surface area contributed by atoms with Crippen LogP contribution in [0.25, 0.3) is 0 Å². The van der Waals surface area contributed by atoms with Gasteiger partial charge in [0, 0.05) is 58.0 Å². The van der Waals surface area contributed by atoms with Crippen molar-refractivity contribution in [3.8, 4) is 0 Å². The first kappa shape index (κ1) is 15.6. The number of nitrogens with one attached hydrogen (secondary N) is 1. The molecule has 2 fully saturated rings. The van der Waals surface area contributed by atoms with Gasteiger partial charge in [-0.2, -0.15) is 0 Å². The van der Waals surface area contributed by atoms with Gasteiger partial charge in [-0.15, -0.1) is 0 Å². The van der Waals surface area contributed by atoms with Crippen LogP contribution in [0.1, 0.15) is 24.8 Å². The van der Waals surface area contributed by atoms with Crippen molar-refractivity contribution in [3.05, 3.63) is 42.5 Å². The first-order chi connectivity index (χ1) is 11.8. The summed E-state index contributed by atoms with van der Waals surface area (Å²) in [6.45, 7) is 4.57. The lowest BCUT2D eigenvalue weighted by molar-refractivity contribution is 0.207. The molecule has 0 bridgehead atoms. The average Bonchev–Trinajstić information content (AvgIpc) is 3.19. The Hall–Kier alpha value is -1.88. The van der Waals surface area contributed by atoms with Gasteiger partial charge in [0.25, 0.3) is 0 Å². The number of anilines is 1. The van der Waals surface area contributed by atoms with E-state index >= 15 is 0 Å². The zero-order chi connectivity index (χ0) is 16.4. The monoisotopic (exact) mass is 325 g/mol. The van der Waals surface area contributed by atoms with E-state index in [1.165, 1.54) is 37.9 Å². The quantitative estimate of drug-likeness (QED) is 0.918. The highest BCUT2D eigenvalue weighted by Crippen LogP contribution is 2.40. The molecule has 0 unspecified atom stereocenters. The Kier molecular flexibility index (Phi) is 4.52. The van der Waals surface area contributed by atoms with Crippen LogP contribution in [0.3, 0.4) is 0 Å². The van der Waals surface area contributed by atoms with Gasteiger partial charge in [0.1, 0.15) is 0 Å². The number of hydrogen-bond acceptors (Lipinski definition) is 4. The number of likely N-dealkylation sites (tertiary alicyclic amines) is 1. The second-order valence-electron chi connectivity index (χ2n) is 7.41. The molecule has 1 N–H and O–H groups in total. The lowest BCUT2D eigenvalue weighted by atomic mass is 9.74. The van der Waals surface area contributed by atoms with Crippen LogP contribution >= 0.6 is 0 Å². The molecule has 0 radical (unpaired) electrons. The Labute approximate surface area is 144 Å². The molecule has 1 saturated carbocycles. The molecule has 0 aromatic carbocycles. The minimum absolute atomic E-state index is 0.763. The van der Waals surface area contributed by atoms with Crippen LogP contribution in [0.4, 0.5) is 5.95 Å². The van der Waals surface area contributed by atoms with E-state index in [2.05, 4.69) is 30.8 Å². The summed E-state index contributed by atoms with van der Waals surface area (Å²) >= 11 is 0. The maximum atomic E-state index is 4.39. The molecule has 3 atom stereocenters. The summed E-state index contributed by atoms with van der Waals surface area (Å²) < 4.78 is 2.06. The fraction of sp³-hybridized carbons (Fsp3) is 0.579. The molecule has 0 amide bonds. The second kappa shape index (κ2) is 6.93. The predicted octanol–water partition coefficient (Wildman–Crippen LogP) is 2.78. The summed E-state index contributed by atoms with van der Waals surface area (Å²) in [6, 6.07) is 4.23. The van der Waals surface area contributed by atoms with Gasteiger partial charge >= 0.3 is 0 Å². The van der Waals surface area contributed by atoms with E-state index < -0.39 is 0 Å². The van der Waals surface area contributed by atoms with Gasteiger partial charge < -0.3 is 9.88 Å². The maximum Gasteiger partial charge on any atom is 0.202 e. The molecule has 2 aliphatic rings. The second-order valence-corrected chi connectivity index (χ2v) is 7.41. The topological polar surface area (TPSA) is 46.0 Å². The largest absolute Gasteiger partial charge is 0.355 e. The van der Waals surface area contributed by atoms with Crippen molar-refractivity contribution in [1.29, 1.82) is 0 Å². The Morgan fingerprint density at radius 1 is 1.25 bits per heavy atom. The SMILES string of the molecule is Cn1ccnc1NC[C@@H]1CCC[C@@H]2CN(Cc3cccnc3)C[C@@H]21. The van der Waals surface area contributed by atoms with Gasteiger partial charge in [-0.3, -0.25) is 9.88 Å². The molecule has 2 aromatic heterocycles. The third-order valence-corrected chi connectivity index (χ3v) is 5.80. The smallest absolute Gasteiger partial charge is 0.202 e. The van der Waals surface area contributed by atoms with E-state index in [4.69, 9.17) is 0 Å². The van der Waals surface area contributed by atoms with Crippen LogP contribution in [-0.4, -0.2) is 39.1 Å². The number of aryl methyl sites for hydroxylation is 1. The summed E-state index contributed by atoms with van der Waals surface area (Å²) in [5, 5.41) is 3.56. The first-order valence-electron chi connectivity index (χ1n) is 9.12. The van der Waals surface area contributed by atoms with Gasteiger partial charge in [0.2, 0.25) is 5.95 Å². The van der Waals surface area contributed by atoms with Gasteiger partial charge in [-0.05, 0) is 42.2 Å². The lowest BCUT2D eigenvalue weighted by Gasteiger charge is -2.33. The number of aromatic nitrogens is 3. The van der Waals surface area contributed by atoms with E-state index in [-0.39, 0.29) is 0 Å². The van der Waals surface area contributed by atoms with Crippen LogP contribution in [0, 0.1) is 17.8 Å². The maximum absolute atomic E-state index is 4.39. The molecule has 0 spiro atoms. The third-order valence-electron chi connectivity index (χ3n) is 5.80. The van der Waals surface area contributed by atoms with Crippen LogP contribution in [-0.2, 0) is 13.6 Å². The molecule has 128 valence electrons. The fourth-order valence-electron chi connectivity index (χ4n) is 4.58. The number of rotatable bonds is 5. The standard InChI is InChI=1S/C19H27N5/c1-23-9-8-21-19(23)22-11-16-5-2-6-17-13-24(14-18(16)17)12-15-4-3-7-20-10-15/h3-4,7-10,16-18H,2,5-6,11-14H2,1H3,(H,21,22)/t16-,17+,18+/m0/s1. The Balaban J connectivity index is 1.36. The molecule has 1 aliphatic heterocycles. The van der Waals surface area contributed by atoms with E-state index in [0.29, 0.717) is 0 Å². The van der Waals surface area contributed by atoms with Crippen LogP contribution in [0.5, 0.6) is 0 Å². The Morgan fingerprint density at radius 3 is 3.00 bits per heavy atom. The molecule has 5 heteroatoms. The number of hydrogen-bond donors (Lipinski definition) is 1. The zero-order valence-electron chi connectivity index (χ0n) is 14.4. The molecule has 1 saturated heterocycles. The minimum atomic E-state index is 0.763. The van der Waals surface area contributed by atoms with Gasteiger partial charge in [0.15, 0.2) is 0 Å². The van der Waals surface area contributed by atoms with Crippen molar-refractivity contribution < 1.29 is 0 Å². The molecule has 2 aromatic rings. The molecular formula is C19H27N5. The normalized spacial score (nSPS) is 27.1. The highest BCUT2D eigenvalue weighted by atomic mass is 15.2. The fourth-order valence-corrected chi connectivity index (χ4v) is 4.58. The van der Waals surface area contributed by atoms with E-state index in [0.717, 1.165) is 36.8 Å². The van der Waals surface area contributed by atoms with Crippen molar-refractivity contribution in [3.63, 3.8) is 0 Å². The summed E-state index contributed by atoms with van der Waals surface area (Å²) in [6.07, 6.45) is 11.8. The number of imidazole rings is 1. The van der Waals surface area contributed by atoms with Crippen LogP contribution in [0.15, 0.2) is 36.9 Å². The van der Waals surface area contributed by atoms with Gasteiger partial charge in [-0.1, -0.05) is 12.5 Å². The van der Waals surface area contributed by atoms with Crippen molar-refractivity contribution in [2.75, 3.05) is 25.0 Å². The summed E-state index contributed by atoms with van der Waals surface area (Å²) in [5.74, 6) is 3.44. The summed E-state index contributed by atoms with van der Waals surface area (Å²) in [7, 11) is 2.05. The highest BCUT2D eigenvalue weighted by molar-refractivity contribution is 5.25. The predicted molar refractivity (Wildman–Crippen MR) is 95.5 cm³/mol. The number of fused-ring (bicyclic) bond motifs is 1. The highest BCUT2D eigenvalue weighted by Gasteiger charge is 2.39. The van der Waals surface area contributed by atoms with Gasteiger partial charge in [0.05, 0.1) is 0 Å². The molecule has 24 heavy (non-hydrogen) atoms. The Morgan fingerprint density at radius 2 is 2.21 bits per heavy atom.